The van der Waals surface area contributed by atoms with E-state index in [0.29, 0.717) is 12.1 Å². The third kappa shape index (κ3) is 5.82. The number of nitrogens with zero attached hydrogens (tertiary/aromatic N) is 1. The molecule has 1 rings (SSSR count). The number of hydrogen-bond donors (Lipinski definition) is 1. The van der Waals surface area contributed by atoms with Gasteiger partial charge in [-0.1, -0.05) is 25.5 Å². The van der Waals surface area contributed by atoms with Gasteiger partial charge in [0.15, 0.2) is 0 Å². The molecule has 0 aliphatic rings. The smallest absolute Gasteiger partial charge is 0.145 e. The summed E-state index contributed by atoms with van der Waals surface area (Å²) < 4.78 is 19.1. The second-order valence-electron chi connectivity index (χ2n) is 4.39. The van der Waals surface area contributed by atoms with Gasteiger partial charge in [0, 0.05) is 25.3 Å². The molecule has 104 valence electrons. The van der Waals surface area contributed by atoms with E-state index in [1.54, 1.807) is 12.1 Å². The first-order valence-corrected chi connectivity index (χ1v) is 6.75. The van der Waals surface area contributed by atoms with E-state index in [4.69, 9.17) is 10.00 Å². The van der Waals surface area contributed by atoms with E-state index in [0.717, 1.165) is 39.0 Å². The van der Waals surface area contributed by atoms with Crippen LogP contribution in [-0.2, 0) is 11.3 Å². The van der Waals surface area contributed by atoms with Gasteiger partial charge in [0.2, 0.25) is 0 Å². The van der Waals surface area contributed by atoms with Crippen LogP contribution in [0.4, 0.5) is 4.39 Å². The first-order chi connectivity index (χ1) is 9.29. The van der Waals surface area contributed by atoms with Crippen molar-refractivity contribution in [1.82, 2.24) is 5.32 Å². The van der Waals surface area contributed by atoms with Crippen molar-refractivity contribution in [3.8, 4) is 6.07 Å². The highest BCUT2D eigenvalue weighted by Gasteiger charge is 2.06. The molecule has 0 amide bonds. The third-order valence-corrected chi connectivity index (χ3v) is 2.80. The summed E-state index contributed by atoms with van der Waals surface area (Å²) in [7, 11) is 0. The molecule has 0 bridgehead atoms. The predicted octanol–water partition coefficient (Wildman–Crippen LogP) is 2.99. The molecule has 0 radical (unpaired) electrons. The fourth-order valence-electron chi connectivity index (χ4n) is 1.67. The number of halogens is 1. The van der Waals surface area contributed by atoms with Crippen LogP contribution in [0.25, 0.3) is 0 Å². The maximum absolute atomic E-state index is 13.7. The average molecular weight is 264 g/mol. The van der Waals surface area contributed by atoms with E-state index in [1.165, 1.54) is 6.07 Å². The molecule has 0 spiro atoms. The molecule has 0 aliphatic heterocycles. The minimum absolute atomic E-state index is 0.0993. The van der Waals surface area contributed by atoms with Crippen LogP contribution in [0.1, 0.15) is 37.3 Å². The Labute approximate surface area is 114 Å². The van der Waals surface area contributed by atoms with Crippen molar-refractivity contribution < 1.29 is 9.13 Å². The van der Waals surface area contributed by atoms with Gasteiger partial charge in [-0.2, -0.15) is 5.26 Å². The van der Waals surface area contributed by atoms with Gasteiger partial charge < -0.3 is 10.1 Å². The van der Waals surface area contributed by atoms with E-state index in [1.807, 2.05) is 6.07 Å². The highest BCUT2D eigenvalue weighted by molar-refractivity contribution is 5.34. The molecule has 19 heavy (non-hydrogen) atoms. The molecule has 1 aromatic carbocycles. The summed E-state index contributed by atoms with van der Waals surface area (Å²) in [4.78, 5) is 0. The monoisotopic (exact) mass is 264 g/mol. The molecular formula is C15H21FN2O. The molecule has 1 N–H and O–H groups in total. The van der Waals surface area contributed by atoms with Gasteiger partial charge in [0.25, 0.3) is 0 Å². The normalized spacial score (nSPS) is 10.4. The lowest BCUT2D eigenvalue weighted by molar-refractivity contribution is 0.128. The molecule has 0 atom stereocenters. The first-order valence-electron chi connectivity index (χ1n) is 6.75. The number of benzene rings is 1. The zero-order valence-electron chi connectivity index (χ0n) is 11.4. The van der Waals surface area contributed by atoms with Gasteiger partial charge in [-0.25, -0.2) is 4.39 Å². The zero-order valence-corrected chi connectivity index (χ0v) is 11.4. The Morgan fingerprint density at radius 2 is 2.11 bits per heavy atom. The zero-order chi connectivity index (χ0) is 13.9. The summed E-state index contributed by atoms with van der Waals surface area (Å²) in [5.41, 5.74) is 0.633. The highest BCUT2D eigenvalue weighted by atomic mass is 19.1. The van der Waals surface area contributed by atoms with Crippen LogP contribution < -0.4 is 5.32 Å². The standard InChI is InChI=1S/C15H21FN2O/c1-2-3-9-19-10-5-8-18-12-14-7-4-6-13(11-17)15(14)16/h4,6-7,18H,2-3,5,8-10,12H2,1H3. The fourth-order valence-corrected chi connectivity index (χ4v) is 1.67. The lowest BCUT2D eigenvalue weighted by Crippen LogP contribution is -2.17. The Kier molecular flexibility index (Phi) is 7.80. The van der Waals surface area contributed by atoms with Crippen LogP contribution in [0.2, 0.25) is 0 Å². The van der Waals surface area contributed by atoms with Gasteiger partial charge >= 0.3 is 0 Å². The number of rotatable bonds is 9. The van der Waals surface area contributed by atoms with E-state index in [2.05, 4.69) is 12.2 Å². The largest absolute Gasteiger partial charge is 0.381 e. The van der Waals surface area contributed by atoms with Crippen molar-refractivity contribution in [3.63, 3.8) is 0 Å². The molecule has 0 saturated heterocycles. The molecule has 1 aromatic rings. The van der Waals surface area contributed by atoms with Crippen LogP contribution in [0, 0.1) is 17.1 Å². The Bertz CT molecular complexity index is 415. The average Bonchev–Trinajstić information content (AvgIpc) is 2.43. The van der Waals surface area contributed by atoms with Crippen molar-refractivity contribution in [1.29, 1.82) is 5.26 Å². The van der Waals surface area contributed by atoms with Crippen molar-refractivity contribution >= 4 is 0 Å². The minimum Gasteiger partial charge on any atom is -0.381 e. The van der Waals surface area contributed by atoms with Gasteiger partial charge in [-0.05, 0) is 25.5 Å². The second kappa shape index (κ2) is 9.48. The van der Waals surface area contributed by atoms with Crippen molar-refractivity contribution in [3.05, 3.63) is 35.1 Å². The van der Waals surface area contributed by atoms with Gasteiger partial charge in [-0.3, -0.25) is 0 Å². The Hall–Kier alpha value is -1.44. The molecule has 0 unspecified atom stereocenters. The second-order valence-corrected chi connectivity index (χ2v) is 4.39. The summed E-state index contributed by atoms with van der Waals surface area (Å²) in [6, 6.07) is 6.73. The molecule has 0 heterocycles. The first kappa shape index (κ1) is 15.6. The minimum atomic E-state index is -0.420. The number of nitriles is 1. The molecule has 0 aromatic heterocycles. The molecule has 0 aliphatic carbocycles. The van der Waals surface area contributed by atoms with Gasteiger partial charge in [0.1, 0.15) is 11.9 Å². The van der Waals surface area contributed by atoms with E-state index in [-0.39, 0.29) is 5.56 Å². The number of nitrogens with one attached hydrogen (secondary N) is 1. The highest BCUT2D eigenvalue weighted by Crippen LogP contribution is 2.11. The number of unbranched alkanes of at least 4 members (excludes halogenated alkanes) is 1. The SMILES string of the molecule is CCCCOCCCNCc1cccc(C#N)c1F. The van der Waals surface area contributed by atoms with Crippen molar-refractivity contribution in [2.75, 3.05) is 19.8 Å². The quantitative estimate of drug-likeness (QED) is 0.697. The summed E-state index contributed by atoms with van der Waals surface area (Å²) in [6.45, 7) is 4.90. The van der Waals surface area contributed by atoms with Crippen LogP contribution in [0.3, 0.4) is 0 Å². The van der Waals surface area contributed by atoms with Crippen LogP contribution in [-0.4, -0.2) is 19.8 Å². The number of hydrogen-bond acceptors (Lipinski definition) is 3. The number of ether oxygens (including phenoxy) is 1. The van der Waals surface area contributed by atoms with Crippen LogP contribution >= 0.6 is 0 Å². The Morgan fingerprint density at radius 1 is 1.32 bits per heavy atom. The summed E-state index contributed by atoms with van der Waals surface area (Å²) >= 11 is 0. The molecule has 4 heteroatoms. The van der Waals surface area contributed by atoms with Crippen LogP contribution in [0.5, 0.6) is 0 Å². The lowest BCUT2D eigenvalue weighted by Gasteiger charge is -2.07. The molecule has 0 fully saturated rings. The third-order valence-electron chi connectivity index (χ3n) is 2.80. The van der Waals surface area contributed by atoms with E-state index in [9.17, 15) is 4.39 Å². The van der Waals surface area contributed by atoms with Gasteiger partial charge in [0.05, 0.1) is 5.56 Å². The maximum Gasteiger partial charge on any atom is 0.145 e. The van der Waals surface area contributed by atoms with Gasteiger partial charge in [-0.15, -0.1) is 0 Å². The summed E-state index contributed by atoms with van der Waals surface area (Å²) in [5, 5.41) is 11.9. The summed E-state index contributed by atoms with van der Waals surface area (Å²) in [6.07, 6.45) is 3.15. The molecule has 0 saturated carbocycles. The van der Waals surface area contributed by atoms with E-state index < -0.39 is 5.82 Å². The maximum atomic E-state index is 13.7. The van der Waals surface area contributed by atoms with Crippen molar-refractivity contribution in [2.24, 2.45) is 0 Å². The summed E-state index contributed by atoms with van der Waals surface area (Å²) in [5.74, 6) is -0.420. The topological polar surface area (TPSA) is 45.0 Å². The fraction of sp³-hybridized carbons (Fsp3) is 0.533. The Morgan fingerprint density at radius 3 is 2.84 bits per heavy atom. The molecular weight excluding hydrogens is 243 g/mol. The predicted molar refractivity (Wildman–Crippen MR) is 73.2 cm³/mol. The lowest BCUT2D eigenvalue weighted by atomic mass is 10.1. The van der Waals surface area contributed by atoms with E-state index >= 15 is 0 Å². The van der Waals surface area contributed by atoms with Crippen molar-refractivity contribution in [2.45, 2.75) is 32.7 Å². The Balaban J connectivity index is 2.18. The van der Waals surface area contributed by atoms with Crippen LogP contribution in [0.15, 0.2) is 18.2 Å². The molecule has 3 nitrogen and oxygen atoms in total.